The maximum Gasteiger partial charge on any atom is 0.331 e. The molecule has 2 unspecified atom stereocenters. The Balaban J connectivity index is 1.75. The second-order valence-corrected chi connectivity index (χ2v) is 5.62. The van der Waals surface area contributed by atoms with Crippen molar-refractivity contribution in [2.24, 2.45) is 0 Å². The van der Waals surface area contributed by atoms with Crippen LogP contribution in [0.25, 0.3) is 0 Å². The van der Waals surface area contributed by atoms with E-state index in [-0.39, 0.29) is 24.3 Å². The van der Waals surface area contributed by atoms with Crippen LogP contribution < -0.4 is 5.32 Å². The summed E-state index contributed by atoms with van der Waals surface area (Å²) < 4.78 is 5.47. The molecule has 2 aliphatic heterocycles. The number of hydrogen-bond donors (Lipinski definition) is 2. The van der Waals surface area contributed by atoms with Gasteiger partial charge in [0.05, 0.1) is 0 Å². The van der Waals surface area contributed by atoms with Crippen molar-refractivity contribution in [3.63, 3.8) is 0 Å². The first-order chi connectivity index (χ1) is 9.62. The Bertz CT molecular complexity index is 553. The van der Waals surface area contributed by atoms with Crippen molar-refractivity contribution in [2.75, 3.05) is 0 Å². The van der Waals surface area contributed by atoms with E-state index in [1.54, 1.807) is 7.85 Å². The molecule has 2 fully saturated rings. The molecule has 0 saturated carbocycles. The first kappa shape index (κ1) is 13.2. The Morgan fingerprint density at radius 1 is 1.45 bits per heavy atom. The minimum Gasteiger partial charge on any atom is -0.523 e. The van der Waals surface area contributed by atoms with Crippen molar-refractivity contribution in [3.8, 4) is 0 Å². The van der Waals surface area contributed by atoms with Gasteiger partial charge < -0.3 is 9.84 Å². The van der Waals surface area contributed by atoms with E-state index >= 15 is 0 Å². The summed E-state index contributed by atoms with van der Waals surface area (Å²) in [5.74, 6) is -0.273. The summed E-state index contributed by atoms with van der Waals surface area (Å²) in [7, 11) is 1.64. The zero-order chi connectivity index (χ0) is 14.2. The highest BCUT2D eigenvalue weighted by molar-refractivity contribution is 6.20. The number of aliphatic hydroxyl groups is 1. The number of carbonyl (C=O) groups excluding carboxylic acids is 1. The SMILES string of the molecule is B/C(O)=C1/CC2CCC1(C(=O)OCc1ccccc1)N2. The zero-order valence-corrected chi connectivity index (χ0v) is 11.6. The Kier molecular flexibility index (Phi) is 3.30. The lowest BCUT2D eigenvalue weighted by Gasteiger charge is -2.27. The summed E-state index contributed by atoms with van der Waals surface area (Å²) in [6, 6.07) is 9.92. The first-order valence-electron chi connectivity index (χ1n) is 7.00. The summed E-state index contributed by atoms with van der Waals surface area (Å²) in [5, 5.41) is 13.1. The molecule has 5 heteroatoms. The molecule has 2 N–H and O–H groups in total. The van der Waals surface area contributed by atoms with Gasteiger partial charge in [-0.2, -0.15) is 0 Å². The lowest BCUT2D eigenvalue weighted by Crippen LogP contribution is -2.47. The van der Waals surface area contributed by atoms with Crippen molar-refractivity contribution in [1.82, 2.24) is 5.32 Å². The molecule has 4 nitrogen and oxygen atoms in total. The van der Waals surface area contributed by atoms with Crippen LogP contribution in [0.4, 0.5) is 0 Å². The summed E-state index contributed by atoms with van der Waals surface area (Å²) in [4.78, 5) is 12.5. The topological polar surface area (TPSA) is 58.6 Å². The standard InChI is InChI=1S/C15H18BNO3/c16-13(18)12-8-11-6-7-15(12,17-11)14(19)20-9-10-4-2-1-3-5-10/h1-5,11,17-18H,6-9,16H2/b13-12+. The van der Waals surface area contributed by atoms with E-state index in [9.17, 15) is 9.90 Å². The number of fused-ring (bicyclic) bond motifs is 2. The third kappa shape index (κ3) is 2.12. The maximum atomic E-state index is 12.5. The van der Waals surface area contributed by atoms with E-state index in [0.29, 0.717) is 6.42 Å². The average Bonchev–Trinajstić information content (AvgIpc) is 3.05. The Morgan fingerprint density at radius 2 is 2.20 bits per heavy atom. The van der Waals surface area contributed by atoms with Crippen LogP contribution in [0, 0.1) is 0 Å². The number of carbonyl (C=O) groups is 1. The van der Waals surface area contributed by atoms with E-state index in [0.717, 1.165) is 24.0 Å². The molecule has 2 aliphatic rings. The minimum absolute atomic E-state index is 0.247. The highest BCUT2D eigenvalue weighted by Crippen LogP contribution is 2.43. The van der Waals surface area contributed by atoms with Gasteiger partial charge in [0.2, 0.25) is 0 Å². The van der Waals surface area contributed by atoms with Gasteiger partial charge in [0.25, 0.3) is 0 Å². The van der Waals surface area contributed by atoms with Crippen molar-refractivity contribution in [2.45, 2.75) is 37.5 Å². The molecule has 3 rings (SSSR count). The average molecular weight is 271 g/mol. The van der Waals surface area contributed by atoms with Crippen molar-refractivity contribution < 1.29 is 14.6 Å². The van der Waals surface area contributed by atoms with Crippen molar-refractivity contribution >= 4 is 13.8 Å². The minimum atomic E-state index is -0.793. The number of hydrogen-bond acceptors (Lipinski definition) is 4. The Labute approximate surface area is 119 Å². The number of aliphatic hydroxyl groups excluding tert-OH is 1. The van der Waals surface area contributed by atoms with E-state index in [1.807, 2.05) is 30.3 Å². The number of rotatable bonds is 3. The van der Waals surface area contributed by atoms with Crippen LogP contribution in [0.3, 0.4) is 0 Å². The third-order valence-corrected chi connectivity index (χ3v) is 4.28. The maximum absolute atomic E-state index is 12.5. The molecule has 1 aromatic rings. The van der Waals surface area contributed by atoms with Crippen molar-refractivity contribution in [3.05, 3.63) is 47.1 Å². The Hall–Kier alpha value is -1.75. The number of benzene rings is 1. The van der Waals surface area contributed by atoms with Crippen LogP contribution in [0.5, 0.6) is 0 Å². The van der Waals surface area contributed by atoms with Gasteiger partial charge in [-0.3, -0.25) is 5.32 Å². The zero-order valence-electron chi connectivity index (χ0n) is 11.6. The van der Waals surface area contributed by atoms with Gasteiger partial charge in [0, 0.05) is 11.7 Å². The Morgan fingerprint density at radius 3 is 2.85 bits per heavy atom. The predicted octanol–water partition coefficient (Wildman–Crippen LogP) is 1.03. The van der Waals surface area contributed by atoms with Gasteiger partial charge in [-0.25, -0.2) is 4.79 Å². The van der Waals surface area contributed by atoms with Gasteiger partial charge in [0.15, 0.2) is 7.85 Å². The van der Waals surface area contributed by atoms with Crippen LogP contribution in [0.15, 0.2) is 41.6 Å². The monoisotopic (exact) mass is 271 g/mol. The molecule has 0 spiro atoms. The van der Waals surface area contributed by atoms with Gasteiger partial charge >= 0.3 is 5.97 Å². The van der Waals surface area contributed by atoms with E-state index in [2.05, 4.69) is 5.32 Å². The normalized spacial score (nSPS) is 30.3. The molecule has 0 radical (unpaired) electrons. The first-order valence-corrected chi connectivity index (χ1v) is 7.00. The van der Waals surface area contributed by atoms with Crippen LogP contribution in [-0.4, -0.2) is 30.5 Å². The fourth-order valence-corrected chi connectivity index (χ4v) is 3.28. The second kappa shape index (κ2) is 4.98. The summed E-state index contributed by atoms with van der Waals surface area (Å²) >= 11 is 0. The summed E-state index contributed by atoms with van der Waals surface area (Å²) in [5.41, 5.74) is 1.22. The van der Waals surface area contributed by atoms with Crippen LogP contribution in [0.1, 0.15) is 24.8 Å². The molecule has 2 saturated heterocycles. The summed E-state index contributed by atoms with van der Waals surface area (Å²) in [6.07, 6.45) is 2.40. The smallest absolute Gasteiger partial charge is 0.331 e. The van der Waals surface area contributed by atoms with Gasteiger partial charge in [-0.05, 0) is 30.4 Å². The highest BCUT2D eigenvalue weighted by atomic mass is 16.5. The van der Waals surface area contributed by atoms with E-state index in [1.165, 1.54) is 0 Å². The number of nitrogens with one attached hydrogen (secondary N) is 1. The molecule has 0 aromatic heterocycles. The number of esters is 1. The lowest BCUT2D eigenvalue weighted by molar-refractivity contribution is -0.150. The van der Waals surface area contributed by atoms with Crippen LogP contribution >= 0.6 is 0 Å². The molecular formula is C15H18BNO3. The molecule has 2 heterocycles. The fraction of sp³-hybridized carbons (Fsp3) is 0.400. The van der Waals surface area contributed by atoms with Gasteiger partial charge in [-0.15, -0.1) is 0 Å². The molecule has 2 bridgehead atoms. The molecule has 0 aliphatic carbocycles. The quantitative estimate of drug-likeness (QED) is 0.489. The van der Waals surface area contributed by atoms with E-state index in [4.69, 9.17) is 4.74 Å². The van der Waals surface area contributed by atoms with Crippen molar-refractivity contribution in [1.29, 1.82) is 0 Å². The lowest BCUT2D eigenvalue weighted by atomic mass is 9.79. The molecular weight excluding hydrogens is 253 g/mol. The molecule has 2 atom stereocenters. The molecule has 0 amide bonds. The van der Waals surface area contributed by atoms with Gasteiger partial charge in [-0.1, -0.05) is 30.3 Å². The third-order valence-electron chi connectivity index (χ3n) is 4.28. The highest BCUT2D eigenvalue weighted by Gasteiger charge is 2.55. The molecule has 104 valence electrons. The number of ether oxygens (including phenoxy) is 1. The fourth-order valence-electron chi connectivity index (χ4n) is 3.28. The summed E-state index contributed by atoms with van der Waals surface area (Å²) in [6.45, 7) is 0.269. The molecule has 20 heavy (non-hydrogen) atoms. The molecule has 1 aromatic carbocycles. The van der Waals surface area contributed by atoms with Gasteiger partial charge in [0.1, 0.15) is 12.1 Å². The second-order valence-electron chi connectivity index (χ2n) is 5.62. The van der Waals surface area contributed by atoms with Crippen LogP contribution in [0.2, 0.25) is 0 Å². The predicted molar refractivity (Wildman–Crippen MR) is 77.9 cm³/mol. The van der Waals surface area contributed by atoms with Crippen LogP contribution in [-0.2, 0) is 16.1 Å². The largest absolute Gasteiger partial charge is 0.523 e. The van der Waals surface area contributed by atoms with E-state index < -0.39 is 5.54 Å².